The quantitative estimate of drug-likeness (QED) is 0.270. The van der Waals surface area contributed by atoms with Gasteiger partial charge < -0.3 is 14.6 Å². The van der Waals surface area contributed by atoms with Crippen LogP contribution in [-0.4, -0.2) is 46.8 Å². The number of benzene rings is 2. The summed E-state index contributed by atoms with van der Waals surface area (Å²) in [6.45, 7) is 4.79. The first-order chi connectivity index (χ1) is 15.9. The predicted molar refractivity (Wildman–Crippen MR) is 138 cm³/mol. The van der Waals surface area contributed by atoms with Gasteiger partial charge in [-0.15, -0.1) is 6.42 Å². The fourth-order valence-corrected chi connectivity index (χ4v) is 4.84. The molecule has 0 saturated carbocycles. The highest BCUT2D eigenvalue weighted by atomic mass is 127. The van der Waals surface area contributed by atoms with Crippen LogP contribution in [0.25, 0.3) is 6.08 Å². The number of carboxylic acids is 1. The third-order valence-corrected chi connectivity index (χ3v) is 6.28. The number of hydrogen-bond acceptors (Lipinski definition) is 6. The second-order valence-electron chi connectivity index (χ2n) is 6.66. The Morgan fingerprint density at radius 1 is 1.27 bits per heavy atom. The first-order valence-electron chi connectivity index (χ1n) is 10.0. The Morgan fingerprint density at radius 3 is 2.61 bits per heavy atom. The van der Waals surface area contributed by atoms with E-state index in [4.69, 9.17) is 21.0 Å². The number of likely N-dealkylation sites (N-methyl/N-ethyl adjacent to an activating group) is 1. The van der Waals surface area contributed by atoms with Gasteiger partial charge in [0.1, 0.15) is 6.61 Å². The normalized spacial score (nSPS) is 15.7. The molecule has 1 aliphatic heterocycles. The zero-order chi connectivity index (χ0) is 24.0. The fourth-order valence-electron chi connectivity index (χ4n) is 3.00. The number of nitrogens with zero attached hydrogens (tertiary/aromatic N) is 2. The van der Waals surface area contributed by atoms with Gasteiger partial charge in [-0.25, -0.2) is 9.79 Å². The highest BCUT2D eigenvalue weighted by Crippen LogP contribution is 2.38. The van der Waals surface area contributed by atoms with E-state index in [0.29, 0.717) is 40.4 Å². The number of aromatic carboxylic acids is 1. The molecule has 170 valence electrons. The van der Waals surface area contributed by atoms with Gasteiger partial charge in [0, 0.05) is 6.54 Å². The molecule has 0 unspecified atom stereocenters. The largest absolute Gasteiger partial charge is 0.490 e. The van der Waals surface area contributed by atoms with Gasteiger partial charge in [-0.2, -0.15) is 0 Å². The number of terminal acetylenes is 1. The molecule has 2 aromatic rings. The van der Waals surface area contributed by atoms with Crippen LogP contribution in [0.4, 0.5) is 5.69 Å². The van der Waals surface area contributed by atoms with Gasteiger partial charge in [-0.3, -0.25) is 9.69 Å². The number of carbonyl (C=O) groups is 2. The molecule has 0 spiro atoms. The van der Waals surface area contributed by atoms with Crippen molar-refractivity contribution in [3.8, 4) is 23.8 Å². The first kappa shape index (κ1) is 24.7. The van der Waals surface area contributed by atoms with Crippen molar-refractivity contribution in [2.24, 2.45) is 4.99 Å². The maximum Gasteiger partial charge on any atom is 0.335 e. The number of aliphatic imine (C=N–C) groups is 1. The lowest BCUT2D eigenvalue weighted by molar-refractivity contribution is -0.122. The van der Waals surface area contributed by atoms with Crippen molar-refractivity contribution < 1.29 is 24.2 Å². The second-order valence-corrected chi connectivity index (χ2v) is 8.83. The zero-order valence-corrected chi connectivity index (χ0v) is 21.0. The van der Waals surface area contributed by atoms with E-state index in [-0.39, 0.29) is 18.1 Å². The van der Waals surface area contributed by atoms with Crippen LogP contribution >= 0.6 is 34.4 Å². The smallest absolute Gasteiger partial charge is 0.335 e. The summed E-state index contributed by atoms with van der Waals surface area (Å²) in [5.41, 5.74) is 1.53. The van der Waals surface area contributed by atoms with Gasteiger partial charge in [-0.1, -0.05) is 5.92 Å². The number of carboxylic acid groups (broad SMARTS) is 1. The van der Waals surface area contributed by atoms with Crippen molar-refractivity contribution in [2.75, 3.05) is 19.8 Å². The Labute approximate surface area is 210 Å². The minimum Gasteiger partial charge on any atom is -0.490 e. The lowest BCUT2D eigenvalue weighted by Crippen LogP contribution is -2.28. The summed E-state index contributed by atoms with van der Waals surface area (Å²) in [6, 6.07) is 9.90. The highest BCUT2D eigenvalue weighted by Gasteiger charge is 2.32. The summed E-state index contributed by atoms with van der Waals surface area (Å²) in [6.07, 6.45) is 7.10. The molecule has 0 radical (unpaired) electrons. The molecule has 2 aromatic carbocycles. The average Bonchev–Trinajstić information content (AvgIpc) is 3.07. The van der Waals surface area contributed by atoms with Crippen molar-refractivity contribution in [3.05, 3.63) is 56.0 Å². The van der Waals surface area contributed by atoms with E-state index in [2.05, 4.69) is 33.5 Å². The van der Waals surface area contributed by atoms with Crippen molar-refractivity contribution >= 4 is 63.2 Å². The van der Waals surface area contributed by atoms with Gasteiger partial charge in [0.15, 0.2) is 16.7 Å². The zero-order valence-electron chi connectivity index (χ0n) is 18.0. The van der Waals surface area contributed by atoms with Crippen LogP contribution in [0.15, 0.2) is 46.3 Å². The van der Waals surface area contributed by atoms with E-state index in [9.17, 15) is 9.59 Å². The summed E-state index contributed by atoms with van der Waals surface area (Å²) in [4.78, 5) is 30.7. The summed E-state index contributed by atoms with van der Waals surface area (Å²) in [7, 11) is 0. The molecule has 7 nitrogen and oxygen atoms in total. The van der Waals surface area contributed by atoms with E-state index in [1.54, 1.807) is 23.1 Å². The molecule has 9 heteroatoms. The fraction of sp³-hybridized carbons (Fsp3) is 0.208. The van der Waals surface area contributed by atoms with E-state index in [1.165, 1.54) is 23.9 Å². The van der Waals surface area contributed by atoms with Crippen LogP contribution in [0.5, 0.6) is 11.5 Å². The third kappa shape index (κ3) is 5.89. The van der Waals surface area contributed by atoms with Crippen molar-refractivity contribution in [3.63, 3.8) is 0 Å². The van der Waals surface area contributed by atoms with Crippen LogP contribution in [0, 0.1) is 15.9 Å². The number of carbonyl (C=O) groups excluding carboxylic acids is 1. The molecule has 0 atom stereocenters. The van der Waals surface area contributed by atoms with E-state index >= 15 is 0 Å². The van der Waals surface area contributed by atoms with Crippen molar-refractivity contribution in [1.82, 2.24) is 4.90 Å². The molecule has 1 saturated heterocycles. The summed E-state index contributed by atoms with van der Waals surface area (Å²) < 4.78 is 12.2. The summed E-state index contributed by atoms with van der Waals surface area (Å²) in [5, 5.41) is 9.59. The Bertz CT molecular complexity index is 1170. The minimum absolute atomic E-state index is 0.129. The van der Waals surface area contributed by atoms with Crippen LogP contribution in [0.1, 0.15) is 29.8 Å². The SMILES string of the molecule is C#CCOc1c(I)cc(/C=C2\SC(=Nc3ccc(C(=O)O)cc3)N(CC)C2=O)cc1OCC. The van der Waals surface area contributed by atoms with Crippen LogP contribution in [0.2, 0.25) is 0 Å². The lowest BCUT2D eigenvalue weighted by atomic mass is 10.2. The second kappa shape index (κ2) is 11.2. The lowest BCUT2D eigenvalue weighted by Gasteiger charge is -2.13. The minimum atomic E-state index is -1.00. The topological polar surface area (TPSA) is 88.4 Å². The number of ether oxygens (including phenoxy) is 2. The number of amides is 1. The molecule has 0 bridgehead atoms. The molecule has 0 aromatic heterocycles. The van der Waals surface area contributed by atoms with E-state index in [0.717, 1.165) is 9.13 Å². The van der Waals surface area contributed by atoms with Crippen molar-refractivity contribution in [2.45, 2.75) is 13.8 Å². The predicted octanol–water partition coefficient (Wildman–Crippen LogP) is 5.02. The maximum atomic E-state index is 13.0. The van der Waals surface area contributed by atoms with Gasteiger partial charge in [0.05, 0.1) is 26.3 Å². The Balaban J connectivity index is 1.93. The van der Waals surface area contributed by atoms with Gasteiger partial charge in [0.25, 0.3) is 5.91 Å². The molecule has 1 fully saturated rings. The molecular weight excluding hydrogens is 555 g/mol. The molecule has 1 amide bonds. The molecule has 0 aliphatic carbocycles. The van der Waals surface area contributed by atoms with Crippen LogP contribution < -0.4 is 9.47 Å². The average molecular weight is 576 g/mol. The number of amidine groups is 1. The van der Waals surface area contributed by atoms with Crippen LogP contribution in [0.3, 0.4) is 0 Å². The van der Waals surface area contributed by atoms with Gasteiger partial charge in [-0.05, 0) is 96.2 Å². The van der Waals surface area contributed by atoms with E-state index in [1.807, 2.05) is 26.0 Å². The Morgan fingerprint density at radius 2 is 2.00 bits per heavy atom. The van der Waals surface area contributed by atoms with Gasteiger partial charge >= 0.3 is 5.97 Å². The molecule has 1 aliphatic rings. The summed E-state index contributed by atoms with van der Waals surface area (Å²) >= 11 is 3.41. The number of hydrogen-bond donors (Lipinski definition) is 1. The molecule has 3 rings (SSSR count). The monoisotopic (exact) mass is 576 g/mol. The summed E-state index contributed by atoms with van der Waals surface area (Å²) in [5.74, 6) is 2.43. The first-order valence-corrected chi connectivity index (χ1v) is 11.9. The third-order valence-electron chi connectivity index (χ3n) is 4.47. The Kier molecular flexibility index (Phi) is 8.41. The van der Waals surface area contributed by atoms with Gasteiger partial charge in [0.2, 0.25) is 0 Å². The maximum absolute atomic E-state index is 13.0. The van der Waals surface area contributed by atoms with E-state index < -0.39 is 5.97 Å². The molecule has 33 heavy (non-hydrogen) atoms. The molecular formula is C24H21IN2O5S. The molecule has 1 heterocycles. The highest BCUT2D eigenvalue weighted by molar-refractivity contribution is 14.1. The standard InChI is InChI=1S/C24H21IN2O5S/c1-4-11-32-21-18(25)12-15(13-19(21)31-6-3)14-20-22(28)27(5-2)24(33-20)26-17-9-7-16(8-10-17)23(29)30/h1,7-10,12-14H,5-6,11H2,2-3H3,(H,29,30)/b20-14-,26-24?. The number of thioether (sulfide) groups is 1. The number of halogens is 1. The van der Waals surface area contributed by atoms with Crippen molar-refractivity contribution in [1.29, 1.82) is 0 Å². The van der Waals surface area contributed by atoms with Crippen LogP contribution in [-0.2, 0) is 4.79 Å². The number of rotatable bonds is 8. The molecule has 1 N–H and O–H groups in total. The Hall–Kier alpha value is -2.97.